The van der Waals surface area contributed by atoms with Gasteiger partial charge in [-0.05, 0) is 39.2 Å². The third kappa shape index (κ3) is 7.28. The van der Waals surface area contributed by atoms with Crippen LogP contribution in [0.4, 0.5) is 0 Å². The van der Waals surface area contributed by atoms with Crippen LogP contribution in [0.25, 0.3) is 0 Å². The Morgan fingerprint density at radius 3 is 2.32 bits per heavy atom. The third-order valence-corrected chi connectivity index (χ3v) is 3.52. The molecule has 1 rings (SSSR count). The van der Waals surface area contributed by atoms with E-state index in [2.05, 4.69) is 46.9 Å². The first-order valence-corrected chi connectivity index (χ1v) is 7.76. The van der Waals surface area contributed by atoms with Crippen molar-refractivity contribution in [3.05, 3.63) is 0 Å². The zero-order valence-corrected chi connectivity index (χ0v) is 13.7. The van der Waals surface area contributed by atoms with Crippen molar-refractivity contribution in [1.82, 2.24) is 5.32 Å². The molecule has 0 aromatic carbocycles. The molecule has 114 valence electrons. The largest absolute Gasteiger partial charge is 0.377 e. The van der Waals surface area contributed by atoms with E-state index in [0.29, 0.717) is 24.2 Å². The molecule has 0 amide bonds. The summed E-state index contributed by atoms with van der Waals surface area (Å²) in [5, 5.41) is 3.53. The molecule has 0 aliphatic carbocycles. The van der Waals surface area contributed by atoms with Crippen molar-refractivity contribution < 1.29 is 9.47 Å². The van der Waals surface area contributed by atoms with E-state index < -0.39 is 0 Å². The molecule has 0 bridgehead atoms. The average molecular weight is 271 g/mol. The van der Waals surface area contributed by atoms with Gasteiger partial charge in [0.15, 0.2) is 0 Å². The fourth-order valence-corrected chi connectivity index (χ4v) is 2.57. The molecule has 1 heterocycles. The minimum absolute atomic E-state index is 0.194. The Balaban J connectivity index is 2.25. The van der Waals surface area contributed by atoms with Gasteiger partial charge < -0.3 is 14.8 Å². The van der Waals surface area contributed by atoms with Gasteiger partial charge in [-0.15, -0.1) is 0 Å². The minimum atomic E-state index is 0.194. The van der Waals surface area contributed by atoms with Gasteiger partial charge in [-0.3, -0.25) is 0 Å². The molecule has 1 aliphatic rings. The highest BCUT2D eigenvalue weighted by Crippen LogP contribution is 2.24. The molecule has 0 aromatic rings. The molecular formula is C16H33NO2. The van der Waals surface area contributed by atoms with Crippen molar-refractivity contribution in [3.8, 4) is 0 Å². The molecule has 3 nitrogen and oxygen atoms in total. The summed E-state index contributed by atoms with van der Waals surface area (Å²) in [7, 11) is 0. The van der Waals surface area contributed by atoms with Gasteiger partial charge in [0, 0.05) is 12.0 Å². The summed E-state index contributed by atoms with van der Waals surface area (Å²) in [6, 6.07) is 0. The van der Waals surface area contributed by atoms with Gasteiger partial charge in [0.2, 0.25) is 0 Å². The predicted octanol–water partition coefficient (Wildman–Crippen LogP) is 3.23. The number of hydrogen-bond acceptors (Lipinski definition) is 3. The lowest BCUT2D eigenvalue weighted by molar-refractivity contribution is -0.113. The lowest BCUT2D eigenvalue weighted by Crippen LogP contribution is -2.39. The highest BCUT2D eigenvalue weighted by Gasteiger charge is 2.27. The topological polar surface area (TPSA) is 30.5 Å². The summed E-state index contributed by atoms with van der Waals surface area (Å²) in [6.45, 7) is 16.2. The average Bonchev–Trinajstić information content (AvgIpc) is 2.24. The predicted molar refractivity (Wildman–Crippen MR) is 80.5 cm³/mol. The van der Waals surface area contributed by atoms with Crippen LogP contribution >= 0.6 is 0 Å². The monoisotopic (exact) mass is 271 g/mol. The van der Waals surface area contributed by atoms with E-state index in [9.17, 15) is 0 Å². The molecule has 3 heteroatoms. The number of rotatable bonds is 7. The zero-order valence-electron chi connectivity index (χ0n) is 13.7. The second-order valence-corrected chi connectivity index (χ2v) is 7.35. The highest BCUT2D eigenvalue weighted by molar-refractivity contribution is 4.77. The number of nitrogens with one attached hydrogen (secondary N) is 1. The lowest BCUT2D eigenvalue weighted by Gasteiger charge is -2.34. The standard InChI is InChI=1S/C16H33NO2/c1-12(2)9-17-10-16(5,6)11-18-15-7-13(3)19-14(4)8-15/h12-15,17H,7-11H2,1-6H3. The highest BCUT2D eigenvalue weighted by atomic mass is 16.5. The Morgan fingerprint density at radius 1 is 1.21 bits per heavy atom. The fourth-order valence-electron chi connectivity index (χ4n) is 2.57. The van der Waals surface area contributed by atoms with Crippen LogP contribution in [0.5, 0.6) is 0 Å². The Labute approximate surface area is 119 Å². The summed E-state index contributed by atoms with van der Waals surface area (Å²) < 4.78 is 11.9. The molecule has 0 spiro atoms. The Kier molecular flexibility index (Phi) is 6.78. The summed E-state index contributed by atoms with van der Waals surface area (Å²) >= 11 is 0. The molecule has 2 unspecified atom stereocenters. The van der Waals surface area contributed by atoms with Gasteiger partial charge in [0.25, 0.3) is 0 Å². The zero-order chi connectivity index (χ0) is 14.5. The van der Waals surface area contributed by atoms with Crippen molar-refractivity contribution in [2.24, 2.45) is 11.3 Å². The van der Waals surface area contributed by atoms with E-state index in [1.54, 1.807) is 0 Å². The molecule has 2 atom stereocenters. The van der Waals surface area contributed by atoms with Crippen LogP contribution in [-0.2, 0) is 9.47 Å². The Morgan fingerprint density at radius 2 is 1.79 bits per heavy atom. The van der Waals surface area contributed by atoms with E-state index in [0.717, 1.165) is 32.5 Å². The second kappa shape index (κ2) is 7.61. The summed E-state index contributed by atoms with van der Waals surface area (Å²) in [5.74, 6) is 0.703. The minimum Gasteiger partial charge on any atom is -0.377 e. The van der Waals surface area contributed by atoms with Crippen molar-refractivity contribution >= 4 is 0 Å². The molecule has 0 radical (unpaired) electrons. The quantitative estimate of drug-likeness (QED) is 0.771. The molecule has 1 aliphatic heterocycles. The smallest absolute Gasteiger partial charge is 0.0624 e. The lowest BCUT2D eigenvalue weighted by atomic mass is 9.94. The fraction of sp³-hybridized carbons (Fsp3) is 1.00. The molecule has 0 saturated carbocycles. The van der Waals surface area contributed by atoms with Gasteiger partial charge >= 0.3 is 0 Å². The van der Waals surface area contributed by atoms with E-state index in [1.807, 2.05) is 0 Å². The normalized spacial score (nSPS) is 28.9. The van der Waals surface area contributed by atoms with E-state index in [-0.39, 0.29) is 5.41 Å². The van der Waals surface area contributed by atoms with Crippen LogP contribution in [0.3, 0.4) is 0 Å². The maximum Gasteiger partial charge on any atom is 0.0624 e. The maximum absolute atomic E-state index is 6.13. The van der Waals surface area contributed by atoms with E-state index >= 15 is 0 Å². The van der Waals surface area contributed by atoms with Crippen LogP contribution < -0.4 is 5.32 Å². The Hall–Kier alpha value is -0.120. The number of ether oxygens (including phenoxy) is 2. The van der Waals surface area contributed by atoms with Crippen LogP contribution in [0, 0.1) is 11.3 Å². The molecule has 0 aromatic heterocycles. The van der Waals surface area contributed by atoms with Crippen molar-refractivity contribution in [2.75, 3.05) is 19.7 Å². The molecule has 1 fully saturated rings. The van der Waals surface area contributed by atoms with Crippen molar-refractivity contribution in [3.63, 3.8) is 0 Å². The van der Waals surface area contributed by atoms with Gasteiger partial charge in [0.05, 0.1) is 24.9 Å². The number of hydrogen-bond donors (Lipinski definition) is 1. The van der Waals surface area contributed by atoms with Gasteiger partial charge in [-0.25, -0.2) is 0 Å². The summed E-state index contributed by atoms with van der Waals surface area (Å²) in [6.07, 6.45) is 3.08. The second-order valence-electron chi connectivity index (χ2n) is 7.35. The van der Waals surface area contributed by atoms with Crippen molar-refractivity contribution in [1.29, 1.82) is 0 Å². The summed E-state index contributed by atoms with van der Waals surface area (Å²) in [5.41, 5.74) is 0.194. The summed E-state index contributed by atoms with van der Waals surface area (Å²) in [4.78, 5) is 0. The third-order valence-electron chi connectivity index (χ3n) is 3.52. The molecule has 1 N–H and O–H groups in total. The van der Waals surface area contributed by atoms with Crippen LogP contribution in [0.2, 0.25) is 0 Å². The van der Waals surface area contributed by atoms with Gasteiger partial charge in [-0.2, -0.15) is 0 Å². The first-order valence-electron chi connectivity index (χ1n) is 7.76. The van der Waals surface area contributed by atoms with Crippen molar-refractivity contribution in [2.45, 2.75) is 72.7 Å². The molecular weight excluding hydrogens is 238 g/mol. The first-order chi connectivity index (χ1) is 8.78. The van der Waals surface area contributed by atoms with Gasteiger partial charge in [0.1, 0.15) is 0 Å². The van der Waals surface area contributed by atoms with Crippen LogP contribution in [0.15, 0.2) is 0 Å². The first kappa shape index (κ1) is 16.9. The Bertz CT molecular complexity index is 243. The van der Waals surface area contributed by atoms with E-state index in [4.69, 9.17) is 9.47 Å². The maximum atomic E-state index is 6.13. The van der Waals surface area contributed by atoms with Gasteiger partial charge in [-0.1, -0.05) is 27.7 Å². The molecule has 19 heavy (non-hydrogen) atoms. The van der Waals surface area contributed by atoms with E-state index in [1.165, 1.54) is 0 Å². The molecule has 1 saturated heterocycles. The van der Waals surface area contributed by atoms with Crippen LogP contribution in [0.1, 0.15) is 54.4 Å². The van der Waals surface area contributed by atoms with Crippen LogP contribution in [-0.4, -0.2) is 38.0 Å². The SMILES string of the molecule is CC(C)CNCC(C)(C)COC1CC(C)OC(C)C1.